The maximum atomic E-state index is 5.95. The number of halogens is 3. The zero-order valence-electron chi connectivity index (χ0n) is 9.47. The van der Waals surface area contributed by atoms with Gasteiger partial charge in [-0.3, -0.25) is 0 Å². The summed E-state index contributed by atoms with van der Waals surface area (Å²) in [6, 6.07) is 7.42. The topological polar surface area (TPSA) is 34.4 Å². The van der Waals surface area contributed by atoms with Crippen molar-refractivity contribution in [3.63, 3.8) is 0 Å². The smallest absolute Gasteiger partial charge is 0.183 e. The van der Waals surface area contributed by atoms with Gasteiger partial charge in [0, 0.05) is 11.8 Å². The maximum absolute atomic E-state index is 5.95. The van der Waals surface area contributed by atoms with E-state index in [2.05, 4.69) is 37.2 Å². The van der Waals surface area contributed by atoms with Gasteiger partial charge in [-0.1, -0.05) is 11.6 Å². The van der Waals surface area contributed by atoms with Gasteiger partial charge in [-0.05, 0) is 50.1 Å². The number of ether oxygens (including phenoxy) is 1. The summed E-state index contributed by atoms with van der Waals surface area (Å²) in [6.07, 6.45) is 0. The molecule has 1 N–H and O–H groups in total. The molecule has 0 bridgehead atoms. The summed E-state index contributed by atoms with van der Waals surface area (Å²) < 4.78 is 12.2. The van der Waals surface area contributed by atoms with Crippen LogP contribution in [0.2, 0.25) is 5.02 Å². The number of nitrogens with one attached hydrogen (secondary N) is 1. The van der Waals surface area contributed by atoms with Gasteiger partial charge in [-0.15, -0.1) is 0 Å². The minimum Gasteiger partial charge on any atom is -0.495 e. The van der Waals surface area contributed by atoms with Crippen LogP contribution >= 0.6 is 43.5 Å². The molecule has 18 heavy (non-hydrogen) atoms. The van der Waals surface area contributed by atoms with Crippen LogP contribution in [0.1, 0.15) is 5.76 Å². The van der Waals surface area contributed by atoms with Crippen molar-refractivity contribution in [3.8, 4) is 5.75 Å². The monoisotopic (exact) mass is 393 g/mol. The molecule has 1 aromatic carbocycles. The molecule has 0 saturated carbocycles. The number of methoxy groups -OCH3 is 1. The first kappa shape index (κ1) is 13.8. The highest BCUT2D eigenvalue weighted by Crippen LogP contribution is 2.29. The Hall–Kier alpha value is -0.650. The van der Waals surface area contributed by atoms with Gasteiger partial charge in [0.15, 0.2) is 4.67 Å². The van der Waals surface area contributed by atoms with Gasteiger partial charge in [0.1, 0.15) is 11.5 Å². The lowest BCUT2D eigenvalue weighted by molar-refractivity contribution is 0.415. The summed E-state index contributed by atoms with van der Waals surface area (Å²) in [7, 11) is 1.59. The Bertz CT molecular complexity index is 538. The van der Waals surface area contributed by atoms with Gasteiger partial charge in [0.2, 0.25) is 0 Å². The largest absolute Gasteiger partial charge is 0.495 e. The molecule has 6 heteroatoms. The Balaban J connectivity index is 2.06. The van der Waals surface area contributed by atoms with Crippen LogP contribution in [0.3, 0.4) is 0 Å². The molecule has 3 nitrogen and oxygen atoms in total. The van der Waals surface area contributed by atoms with E-state index in [1.54, 1.807) is 13.2 Å². The molecule has 1 aromatic heterocycles. The Morgan fingerprint density at radius 3 is 2.72 bits per heavy atom. The first-order chi connectivity index (χ1) is 8.60. The Kier molecular flexibility index (Phi) is 4.59. The van der Waals surface area contributed by atoms with E-state index in [1.807, 2.05) is 18.2 Å². The van der Waals surface area contributed by atoms with Crippen LogP contribution in [0.4, 0.5) is 5.69 Å². The molecule has 0 aliphatic heterocycles. The predicted octanol–water partition coefficient (Wildman–Crippen LogP) is 5.08. The van der Waals surface area contributed by atoms with Gasteiger partial charge >= 0.3 is 0 Å². The molecule has 0 aliphatic rings. The summed E-state index contributed by atoms with van der Waals surface area (Å²) in [6.45, 7) is 0.578. The average molecular weight is 395 g/mol. The Morgan fingerprint density at radius 2 is 2.11 bits per heavy atom. The van der Waals surface area contributed by atoms with E-state index in [9.17, 15) is 0 Å². The van der Waals surface area contributed by atoms with Gasteiger partial charge in [-0.25, -0.2) is 0 Å². The van der Waals surface area contributed by atoms with Crippen LogP contribution in [-0.2, 0) is 6.54 Å². The molecule has 2 rings (SSSR count). The van der Waals surface area contributed by atoms with Gasteiger partial charge < -0.3 is 14.5 Å². The highest BCUT2D eigenvalue weighted by Gasteiger charge is 2.06. The quantitative estimate of drug-likeness (QED) is 0.784. The summed E-state index contributed by atoms with van der Waals surface area (Å²) >= 11 is 12.6. The third kappa shape index (κ3) is 3.22. The Morgan fingerprint density at radius 1 is 1.33 bits per heavy atom. The molecule has 96 valence electrons. The molecule has 0 atom stereocenters. The fourth-order valence-electron chi connectivity index (χ4n) is 1.44. The number of furan rings is 1. The zero-order valence-corrected chi connectivity index (χ0v) is 13.4. The lowest BCUT2D eigenvalue weighted by Gasteiger charge is -2.08. The zero-order chi connectivity index (χ0) is 13.1. The molecule has 0 spiro atoms. The molecular weight excluding hydrogens is 385 g/mol. The minimum atomic E-state index is 0.578. The molecule has 1 heterocycles. The van der Waals surface area contributed by atoms with Gasteiger partial charge in [-0.2, -0.15) is 0 Å². The number of hydrogen-bond acceptors (Lipinski definition) is 3. The predicted molar refractivity (Wildman–Crippen MR) is 79.4 cm³/mol. The second-order valence-corrected chi connectivity index (χ2v) is 5.52. The third-order valence-corrected chi connectivity index (χ3v) is 4.34. The van der Waals surface area contributed by atoms with Crippen LogP contribution in [0.5, 0.6) is 5.75 Å². The van der Waals surface area contributed by atoms with E-state index in [4.69, 9.17) is 20.8 Å². The summed E-state index contributed by atoms with van der Waals surface area (Å²) in [5, 5.41) is 3.82. The molecular formula is C12H10Br2ClNO2. The SMILES string of the molecule is COc1cc(NCc2cc(Br)c(Br)o2)ccc1Cl. The molecule has 0 aliphatic carbocycles. The number of hydrogen-bond donors (Lipinski definition) is 1. The minimum absolute atomic E-state index is 0.578. The van der Waals surface area contributed by atoms with Crippen molar-refractivity contribution >= 4 is 49.1 Å². The van der Waals surface area contributed by atoms with E-state index in [1.165, 1.54) is 0 Å². The van der Waals surface area contributed by atoms with Crippen molar-refractivity contribution in [1.82, 2.24) is 0 Å². The average Bonchev–Trinajstić information content (AvgIpc) is 2.68. The van der Waals surface area contributed by atoms with Crippen LogP contribution in [0.25, 0.3) is 0 Å². The van der Waals surface area contributed by atoms with Crippen LogP contribution in [-0.4, -0.2) is 7.11 Å². The number of rotatable bonds is 4. The lowest BCUT2D eigenvalue weighted by atomic mass is 10.3. The van der Waals surface area contributed by atoms with Crippen molar-refractivity contribution < 1.29 is 9.15 Å². The van der Waals surface area contributed by atoms with Crippen molar-refractivity contribution in [3.05, 3.63) is 44.2 Å². The van der Waals surface area contributed by atoms with E-state index in [-0.39, 0.29) is 0 Å². The van der Waals surface area contributed by atoms with E-state index >= 15 is 0 Å². The number of benzene rings is 1. The standard InChI is InChI=1S/C12H10Br2ClNO2/c1-17-11-4-7(2-3-10(11)15)16-6-8-5-9(13)12(14)18-8/h2-5,16H,6H2,1H3. The molecule has 0 amide bonds. The highest BCUT2D eigenvalue weighted by atomic mass is 79.9. The summed E-state index contributed by atoms with van der Waals surface area (Å²) in [4.78, 5) is 0. The maximum Gasteiger partial charge on any atom is 0.183 e. The molecule has 0 unspecified atom stereocenters. The first-order valence-corrected chi connectivity index (χ1v) is 7.07. The highest BCUT2D eigenvalue weighted by molar-refractivity contribution is 9.13. The molecule has 0 fully saturated rings. The van der Waals surface area contributed by atoms with Crippen LogP contribution in [0, 0.1) is 0 Å². The van der Waals surface area contributed by atoms with E-state index in [0.717, 1.165) is 15.9 Å². The normalized spacial score (nSPS) is 10.4. The second-order valence-electron chi connectivity index (χ2n) is 3.54. The van der Waals surface area contributed by atoms with E-state index in [0.29, 0.717) is 22.0 Å². The van der Waals surface area contributed by atoms with Crippen LogP contribution in [0.15, 0.2) is 37.8 Å². The number of anilines is 1. The van der Waals surface area contributed by atoms with Crippen molar-refractivity contribution in [2.45, 2.75) is 6.54 Å². The van der Waals surface area contributed by atoms with Gasteiger partial charge in [0.25, 0.3) is 0 Å². The van der Waals surface area contributed by atoms with Crippen molar-refractivity contribution in [2.24, 2.45) is 0 Å². The third-order valence-electron chi connectivity index (χ3n) is 2.31. The van der Waals surface area contributed by atoms with Gasteiger partial charge in [0.05, 0.1) is 23.1 Å². The van der Waals surface area contributed by atoms with Crippen molar-refractivity contribution in [2.75, 3.05) is 12.4 Å². The van der Waals surface area contributed by atoms with Crippen molar-refractivity contribution in [1.29, 1.82) is 0 Å². The fourth-order valence-corrected chi connectivity index (χ4v) is 2.29. The lowest BCUT2D eigenvalue weighted by Crippen LogP contribution is -1.98. The molecule has 0 saturated heterocycles. The van der Waals surface area contributed by atoms with Crippen LogP contribution < -0.4 is 10.1 Å². The molecule has 2 aromatic rings. The fraction of sp³-hybridized carbons (Fsp3) is 0.167. The first-order valence-electron chi connectivity index (χ1n) is 5.11. The summed E-state index contributed by atoms with van der Waals surface area (Å²) in [5.41, 5.74) is 0.917. The van der Waals surface area contributed by atoms with E-state index < -0.39 is 0 Å². The molecule has 0 radical (unpaired) electrons. The Labute approximate surface area is 127 Å². The summed E-state index contributed by atoms with van der Waals surface area (Å²) in [5.74, 6) is 1.46. The second kappa shape index (κ2) is 5.99.